The maximum absolute atomic E-state index is 13.6. The van der Waals surface area contributed by atoms with Gasteiger partial charge in [-0.05, 0) is 66.6 Å². The summed E-state index contributed by atoms with van der Waals surface area (Å²) in [6.45, 7) is 7.85. The van der Waals surface area contributed by atoms with Gasteiger partial charge >= 0.3 is 0 Å². The van der Waals surface area contributed by atoms with E-state index in [9.17, 15) is 4.79 Å². The van der Waals surface area contributed by atoms with E-state index in [0.717, 1.165) is 24.4 Å². The second-order valence-electron chi connectivity index (χ2n) is 10.6. The fourth-order valence-corrected chi connectivity index (χ4v) is 5.30. The SMILES string of the molecule is CC(C)COc1ccc(CC(=O)N(Cc2ccc(N(C)C)cc2)C2C3CC2CN(C)C3)cc1. The Bertz CT molecular complexity index is 911. The van der Waals surface area contributed by atoms with Crippen LogP contribution in [0.3, 0.4) is 0 Å². The monoisotopic (exact) mass is 449 g/mol. The van der Waals surface area contributed by atoms with Crippen LogP contribution in [0.4, 0.5) is 5.69 Å². The molecule has 2 atom stereocenters. The van der Waals surface area contributed by atoms with E-state index in [1.54, 1.807) is 0 Å². The number of likely N-dealkylation sites (tertiary alicyclic amines) is 1. The number of fused-ring (bicyclic) bond motifs is 2. The lowest BCUT2D eigenvalue weighted by atomic mass is 9.65. The molecule has 2 aromatic carbocycles. The third-order valence-corrected chi connectivity index (χ3v) is 7.01. The largest absolute Gasteiger partial charge is 0.493 e. The Kier molecular flexibility index (Phi) is 7.28. The number of ether oxygens (including phenoxy) is 1. The fourth-order valence-electron chi connectivity index (χ4n) is 5.30. The lowest BCUT2D eigenvalue weighted by Gasteiger charge is -2.56. The minimum absolute atomic E-state index is 0.229. The molecular formula is C28H39N3O2. The maximum atomic E-state index is 13.6. The molecule has 1 heterocycles. The molecule has 2 bridgehead atoms. The Morgan fingerprint density at radius 2 is 1.61 bits per heavy atom. The molecule has 178 valence electrons. The van der Waals surface area contributed by atoms with Crippen LogP contribution in [-0.2, 0) is 17.8 Å². The molecule has 5 nitrogen and oxygen atoms in total. The second-order valence-corrected chi connectivity index (χ2v) is 10.6. The van der Waals surface area contributed by atoms with Gasteiger partial charge in [-0.25, -0.2) is 0 Å². The molecule has 1 aliphatic heterocycles. The number of nitrogens with zero attached hydrogens (tertiary/aromatic N) is 3. The van der Waals surface area contributed by atoms with Crippen molar-refractivity contribution in [3.8, 4) is 5.75 Å². The zero-order valence-electron chi connectivity index (χ0n) is 20.8. The van der Waals surface area contributed by atoms with Gasteiger partial charge in [0, 0.05) is 45.5 Å². The molecule has 2 unspecified atom stereocenters. The van der Waals surface area contributed by atoms with Gasteiger partial charge in [0.25, 0.3) is 0 Å². The molecule has 2 fully saturated rings. The lowest BCUT2D eigenvalue weighted by molar-refractivity contribution is -0.146. The summed E-state index contributed by atoms with van der Waals surface area (Å²) >= 11 is 0. The molecule has 1 aliphatic carbocycles. The van der Waals surface area contributed by atoms with Crippen LogP contribution in [-0.4, -0.2) is 62.6 Å². The Hall–Kier alpha value is -2.53. The number of anilines is 1. The molecule has 2 aromatic rings. The van der Waals surface area contributed by atoms with Crippen molar-refractivity contribution in [1.29, 1.82) is 0 Å². The summed E-state index contributed by atoms with van der Waals surface area (Å²) in [6.07, 6.45) is 1.69. The first-order valence-corrected chi connectivity index (χ1v) is 12.3. The van der Waals surface area contributed by atoms with Crippen molar-refractivity contribution in [3.63, 3.8) is 0 Å². The molecule has 0 aromatic heterocycles. The van der Waals surface area contributed by atoms with Crippen molar-refractivity contribution in [2.45, 2.75) is 39.3 Å². The number of hydrogen-bond donors (Lipinski definition) is 0. The molecule has 1 saturated heterocycles. The summed E-state index contributed by atoms with van der Waals surface area (Å²) in [4.78, 5) is 20.3. The zero-order valence-corrected chi connectivity index (χ0v) is 20.8. The van der Waals surface area contributed by atoms with Crippen LogP contribution < -0.4 is 9.64 Å². The Morgan fingerprint density at radius 1 is 1.00 bits per heavy atom. The van der Waals surface area contributed by atoms with Gasteiger partial charge in [0.1, 0.15) is 5.75 Å². The van der Waals surface area contributed by atoms with Crippen LogP contribution in [0.2, 0.25) is 0 Å². The number of hydrogen-bond acceptors (Lipinski definition) is 4. The Labute approximate surface area is 199 Å². The van der Waals surface area contributed by atoms with Crippen LogP contribution in [0.5, 0.6) is 5.75 Å². The molecule has 33 heavy (non-hydrogen) atoms. The lowest BCUT2D eigenvalue weighted by Crippen LogP contribution is -2.64. The van der Waals surface area contributed by atoms with E-state index in [-0.39, 0.29) is 5.91 Å². The molecule has 0 radical (unpaired) electrons. The summed E-state index contributed by atoms with van der Waals surface area (Å²) in [6, 6.07) is 17.0. The number of amides is 1. The summed E-state index contributed by atoms with van der Waals surface area (Å²) in [7, 11) is 6.30. The van der Waals surface area contributed by atoms with Gasteiger partial charge in [0.2, 0.25) is 5.91 Å². The standard InChI is InChI=1S/C28H39N3O2/c1-20(2)19-33-26-12-8-21(9-13-26)14-27(32)31(28-23-15-24(28)18-30(5)17-23)16-22-6-10-25(11-7-22)29(3)4/h6-13,20,23-24,28H,14-19H2,1-5H3. The van der Waals surface area contributed by atoms with Gasteiger partial charge in [-0.3, -0.25) is 4.79 Å². The highest BCUT2D eigenvalue weighted by molar-refractivity contribution is 5.79. The first-order valence-electron chi connectivity index (χ1n) is 12.3. The highest BCUT2D eigenvalue weighted by Crippen LogP contribution is 2.43. The minimum atomic E-state index is 0.229. The number of carbonyl (C=O) groups excluding carboxylic acids is 1. The molecule has 0 spiro atoms. The van der Waals surface area contributed by atoms with Gasteiger partial charge < -0.3 is 19.4 Å². The molecule has 5 heteroatoms. The van der Waals surface area contributed by atoms with Crippen molar-refractivity contribution in [2.75, 3.05) is 45.7 Å². The Balaban J connectivity index is 1.47. The first kappa shape index (κ1) is 23.6. The highest BCUT2D eigenvalue weighted by Gasteiger charge is 2.49. The summed E-state index contributed by atoms with van der Waals surface area (Å²) in [5.41, 5.74) is 3.43. The van der Waals surface area contributed by atoms with Gasteiger partial charge in [-0.1, -0.05) is 38.1 Å². The smallest absolute Gasteiger partial charge is 0.227 e. The predicted molar refractivity (Wildman–Crippen MR) is 135 cm³/mol. The van der Waals surface area contributed by atoms with Gasteiger partial charge in [-0.15, -0.1) is 0 Å². The highest BCUT2D eigenvalue weighted by atomic mass is 16.5. The maximum Gasteiger partial charge on any atom is 0.227 e. The van der Waals surface area contributed by atoms with E-state index in [0.29, 0.717) is 43.4 Å². The molecule has 4 rings (SSSR count). The van der Waals surface area contributed by atoms with Crippen LogP contribution in [0.25, 0.3) is 0 Å². The second kappa shape index (κ2) is 10.2. The minimum Gasteiger partial charge on any atom is -0.493 e. The molecular weight excluding hydrogens is 410 g/mol. The van der Waals surface area contributed by atoms with Gasteiger partial charge in [-0.2, -0.15) is 0 Å². The molecule has 0 N–H and O–H groups in total. The summed E-state index contributed by atoms with van der Waals surface area (Å²) < 4.78 is 5.80. The third-order valence-electron chi connectivity index (χ3n) is 7.01. The number of rotatable bonds is 9. The molecule has 1 amide bonds. The molecule has 1 saturated carbocycles. The summed E-state index contributed by atoms with van der Waals surface area (Å²) in [5, 5.41) is 0. The first-order chi connectivity index (χ1) is 15.8. The number of benzene rings is 2. The quantitative estimate of drug-likeness (QED) is 0.572. The predicted octanol–water partition coefficient (Wildman–Crippen LogP) is 4.31. The van der Waals surface area contributed by atoms with Crippen LogP contribution in [0.15, 0.2) is 48.5 Å². The number of carbonyl (C=O) groups is 1. The van der Waals surface area contributed by atoms with Gasteiger partial charge in [0.05, 0.1) is 13.0 Å². The van der Waals surface area contributed by atoms with Crippen LogP contribution in [0.1, 0.15) is 31.4 Å². The number of piperidine rings is 2. The average molecular weight is 450 g/mol. The van der Waals surface area contributed by atoms with Gasteiger partial charge in [0.15, 0.2) is 0 Å². The van der Waals surface area contributed by atoms with E-state index < -0.39 is 0 Å². The molecule has 2 aliphatic rings. The van der Waals surface area contributed by atoms with Crippen molar-refractivity contribution in [1.82, 2.24) is 9.80 Å². The topological polar surface area (TPSA) is 36.0 Å². The van der Waals surface area contributed by atoms with E-state index in [4.69, 9.17) is 4.74 Å². The average Bonchev–Trinajstić information content (AvgIpc) is 2.78. The van der Waals surface area contributed by atoms with Crippen molar-refractivity contribution < 1.29 is 9.53 Å². The van der Waals surface area contributed by atoms with Crippen molar-refractivity contribution in [3.05, 3.63) is 59.7 Å². The Morgan fingerprint density at radius 3 is 2.18 bits per heavy atom. The van der Waals surface area contributed by atoms with E-state index in [1.165, 1.54) is 17.7 Å². The van der Waals surface area contributed by atoms with Crippen molar-refractivity contribution >= 4 is 11.6 Å². The third kappa shape index (κ3) is 5.70. The fraction of sp³-hybridized carbons (Fsp3) is 0.536. The summed E-state index contributed by atoms with van der Waals surface area (Å²) in [5.74, 6) is 2.77. The zero-order chi connectivity index (χ0) is 23.5. The van der Waals surface area contributed by atoms with E-state index >= 15 is 0 Å². The van der Waals surface area contributed by atoms with Crippen molar-refractivity contribution in [2.24, 2.45) is 17.8 Å². The van der Waals surface area contributed by atoms with Crippen LogP contribution >= 0.6 is 0 Å². The normalized spacial score (nSPS) is 22.1. The van der Waals surface area contributed by atoms with E-state index in [1.807, 2.05) is 24.3 Å². The van der Waals surface area contributed by atoms with Crippen LogP contribution in [0, 0.1) is 17.8 Å². The van der Waals surface area contributed by atoms with E-state index in [2.05, 4.69) is 74.0 Å².